The molecule has 0 heterocycles. The van der Waals surface area contributed by atoms with E-state index in [9.17, 15) is 0 Å². The first kappa shape index (κ1) is 28.3. The van der Waals surface area contributed by atoms with E-state index < -0.39 is 7.92 Å². The molecule has 0 aliphatic rings. The van der Waals surface area contributed by atoms with Crippen LogP contribution in [0, 0.1) is 6.92 Å². The molecule has 6 rings (SSSR count). The number of rotatable bonds is 3. The third-order valence-corrected chi connectivity index (χ3v) is 8.06. The van der Waals surface area contributed by atoms with Gasteiger partial charge in [0.15, 0.2) is 0 Å². The number of hydrogen-bond donors (Lipinski definition) is 0. The largest absolute Gasteiger partial charge is 4.00 e. The Morgan fingerprint density at radius 3 is 1.43 bits per heavy atom. The van der Waals surface area contributed by atoms with E-state index in [4.69, 9.17) is 0 Å². The summed E-state index contributed by atoms with van der Waals surface area (Å²) in [5, 5.41) is 9.58. The second kappa shape index (κ2) is 13.3. The Labute approximate surface area is 221 Å². The van der Waals surface area contributed by atoms with Crippen LogP contribution in [0.25, 0.3) is 21.5 Å². The topological polar surface area (TPSA) is 0 Å². The Bertz CT molecular complexity index is 1330. The summed E-state index contributed by atoms with van der Waals surface area (Å²) >= 11 is 0. The quantitative estimate of drug-likeness (QED) is 0.189. The van der Waals surface area contributed by atoms with E-state index in [-0.39, 0.29) is 31.1 Å². The molecule has 0 bridgehead atoms. The standard InChI is InChI=1S/C21H16P.C10H9.2FH.Ti/c1-3-11-19(12-4-1)22(20-13-5-2-6-14-20)21-15-17-9-7-8-10-18(17)16-21;1-8-6-9-4-2-3-5-10(9)7-8;;;/h1-16H;2-7H,1H3;2*1H;/q2*-1;;;+4/p-2. The Morgan fingerprint density at radius 1 is 0.514 bits per heavy atom. The molecule has 0 unspecified atom stereocenters. The van der Waals surface area contributed by atoms with E-state index in [1.807, 2.05) is 0 Å². The van der Waals surface area contributed by atoms with Gasteiger partial charge in [-0.15, -0.1) is 80.9 Å². The van der Waals surface area contributed by atoms with Gasteiger partial charge in [-0.05, 0) is 18.5 Å². The van der Waals surface area contributed by atoms with Gasteiger partial charge in [-0.1, -0.05) is 79.7 Å². The molecule has 4 heteroatoms. The van der Waals surface area contributed by atoms with Gasteiger partial charge < -0.3 is 9.41 Å². The molecule has 35 heavy (non-hydrogen) atoms. The number of halogens is 2. The smallest absolute Gasteiger partial charge is 1.00 e. The first-order valence-electron chi connectivity index (χ1n) is 11.0. The van der Waals surface area contributed by atoms with Crippen LogP contribution in [0.2, 0.25) is 0 Å². The van der Waals surface area contributed by atoms with Gasteiger partial charge in [0.2, 0.25) is 0 Å². The van der Waals surface area contributed by atoms with E-state index in [0.717, 1.165) is 0 Å². The zero-order valence-electron chi connectivity index (χ0n) is 19.4. The van der Waals surface area contributed by atoms with Crippen LogP contribution in [0.4, 0.5) is 0 Å². The van der Waals surface area contributed by atoms with Gasteiger partial charge in [-0.25, -0.2) is 0 Å². The predicted octanol–water partition coefficient (Wildman–Crippen LogP) is 1.19. The van der Waals surface area contributed by atoms with E-state index in [1.54, 1.807) is 0 Å². The van der Waals surface area contributed by atoms with Crippen molar-refractivity contribution in [3.05, 3.63) is 139 Å². The third kappa shape index (κ3) is 6.62. The molecule has 0 amide bonds. The number of benzene rings is 4. The summed E-state index contributed by atoms with van der Waals surface area (Å²) in [6.07, 6.45) is 0. The second-order valence-corrected chi connectivity index (χ2v) is 10.2. The Morgan fingerprint density at radius 2 is 0.943 bits per heavy atom. The molecule has 0 aliphatic heterocycles. The van der Waals surface area contributed by atoms with Gasteiger partial charge in [0, 0.05) is 0 Å². The first-order valence-corrected chi connectivity index (χ1v) is 12.3. The van der Waals surface area contributed by atoms with Crippen LogP contribution in [0.15, 0.2) is 133 Å². The van der Waals surface area contributed by atoms with Gasteiger partial charge in [-0.2, -0.15) is 12.1 Å². The van der Waals surface area contributed by atoms with E-state index in [2.05, 4.69) is 140 Å². The summed E-state index contributed by atoms with van der Waals surface area (Å²) in [5.41, 5.74) is 1.35. The van der Waals surface area contributed by atoms with Crippen molar-refractivity contribution >= 4 is 45.4 Å². The molecule has 0 fully saturated rings. The molecule has 0 aromatic heterocycles. The van der Waals surface area contributed by atoms with Gasteiger partial charge in [0.05, 0.1) is 0 Å². The van der Waals surface area contributed by atoms with Crippen molar-refractivity contribution < 1.29 is 31.1 Å². The predicted molar refractivity (Wildman–Crippen MR) is 143 cm³/mol. The van der Waals surface area contributed by atoms with Gasteiger partial charge in [0.1, 0.15) is 0 Å². The Hall–Kier alpha value is -2.90. The minimum absolute atomic E-state index is 0. The van der Waals surface area contributed by atoms with Gasteiger partial charge >= 0.3 is 21.7 Å². The van der Waals surface area contributed by atoms with Crippen LogP contribution < -0.4 is 25.3 Å². The monoisotopic (exact) mass is 514 g/mol. The van der Waals surface area contributed by atoms with Crippen molar-refractivity contribution in [3.63, 3.8) is 0 Å². The SMILES string of the molecule is Cc1cc2ccccc2[cH-]1.[F-].[F-].[Ti+4].c1ccc(P(c2ccccc2)c2cc3ccccc3[cH-]2)cc1. The van der Waals surface area contributed by atoms with E-state index in [0.29, 0.717) is 0 Å². The molecule has 0 aliphatic carbocycles. The molecular weight excluding hydrogens is 489 g/mol. The van der Waals surface area contributed by atoms with Crippen molar-refractivity contribution in [2.24, 2.45) is 0 Å². The molecule has 6 aromatic carbocycles. The average Bonchev–Trinajstić information content (AvgIpc) is 3.43. The minimum atomic E-state index is -0.493. The van der Waals surface area contributed by atoms with Crippen LogP contribution in [0.3, 0.4) is 0 Å². The zero-order valence-corrected chi connectivity index (χ0v) is 21.9. The molecule has 0 radical (unpaired) electrons. The fraction of sp³-hybridized carbons (Fsp3) is 0.0323. The summed E-state index contributed by atoms with van der Waals surface area (Å²) in [5.74, 6) is 0. The normalized spacial score (nSPS) is 10.0. The second-order valence-electron chi connectivity index (χ2n) is 8.01. The summed E-state index contributed by atoms with van der Waals surface area (Å²) in [6, 6.07) is 47.8. The van der Waals surface area contributed by atoms with Crippen LogP contribution >= 0.6 is 7.92 Å². The Kier molecular flexibility index (Phi) is 10.7. The van der Waals surface area contributed by atoms with Gasteiger partial charge in [0.25, 0.3) is 0 Å². The van der Waals surface area contributed by atoms with Crippen molar-refractivity contribution in [2.45, 2.75) is 6.92 Å². The van der Waals surface area contributed by atoms with E-state index >= 15 is 0 Å². The van der Waals surface area contributed by atoms with Crippen molar-refractivity contribution in [3.8, 4) is 0 Å². The Balaban J connectivity index is 0.000000284. The van der Waals surface area contributed by atoms with Crippen molar-refractivity contribution in [1.82, 2.24) is 0 Å². The maximum Gasteiger partial charge on any atom is 4.00 e. The molecule has 0 saturated carbocycles. The van der Waals surface area contributed by atoms with Gasteiger partial charge in [-0.3, -0.25) is 0 Å². The van der Waals surface area contributed by atoms with Crippen molar-refractivity contribution in [2.75, 3.05) is 0 Å². The summed E-state index contributed by atoms with van der Waals surface area (Å²) < 4.78 is 0. The molecule has 6 aromatic rings. The molecule has 0 atom stereocenters. The maximum atomic E-state index is 2.35. The fourth-order valence-electron chi connectivity index (χ4n) is 4.17. The molecule has 0 nitrogen and oxygen atoms in total. The van der Waals surface area contributed by atoms with Crippen LogP contribution in [0.5, 0.6) is 0 Å². The molecule has 0 N–H and O–H groups in total. The maximum absolute atomic E-state index is 2.35. The van der Waals surface area contributed by atoms with Crippen LogP contribution in [-0.4, -0.2) is 0 Å². The molecule has 0 saturated heterocycles. The number of fused-ring (bicyclic) bond motifs is 2. The number of aryl methyl sites for hydroxylation is 1. The zero-order chi connectivity index (χ0) is 21.8. The van der Waals surface area contributed by atoms with Crippen LogP contribution in [0.1, 0.15) is 5.56 Å². The van der Waals surface area contributed by atoms with Crippen molar-refractivity contribution in [1.29, 1.82) is 0 Å². The average molecular weight is 514 g/mol. The molecular formula is C31H25F2PTi. The summed E-state index contributed by atoms with van der Waals surface area (Å²) in [4.78, 5) is 0. The minimum Gasteiger partial charge on any atom is -1.00 e. The molecule has 172 valence electrons. The summed E-state index contributed by atoms with van der Waals surface area (Å²) in [6.45, 7) is 2.12. The third-order valence-electron chi connectivity index (χ3n) is 5.65. The van der Waals surface area contributed by atoms with Crippen LogP contribution in [-0.2, 0) is 21.7 Å². The molecule has 0 spiro atoms. The van der Waals surface area contributed by atoms with E-state index in [1.165, 1.54) is 43.0 Å². The first-order chi connectivity index (χ1) is 15.8. The summed E-state index contributed by atoms with van der Waals surface area (Å²) in [7, 11) is -0.493. The fourth-order valence-corrected chi connectivity index (χ4v) is 6.54. The number of hydrogen-bond acceptors (Lipinski definition) is 0.